The van der Waals surface area contributed by atoms with Crippen LogP contribution in [0.5, 0.6) is 0 Å². The third-order valence-electron chi connectivity index (χ3n) is 14.6. The first-order chi connectivity index (χ1) is 41.6. The van der Waals surface area contributed by atoms with Gasteiger partial charge < -0.3 is 94.4 Å². The van der Waals surface area contributed by atoms with E-state index >= 15 is 0 Å². The van der Waals surface area contributed by atoms with Crippen LogP contribution in [0.25, 0.3) is 0 Å². The molecule has 0 saturated carbocycles. The summed E-state index contributed by atoms with van der Waals surface area (Å²) in [6.07, 6.45) is 2.73. The van der Waals surface area contributed by atoms with Crippen molar-refractivity contribution in [2.24, 2.45) is 41.2 Å². The second kappa shape index (κ2) is 36.7. The predicted octanol–water partition coefficient (Wildman–Crippen LogP) is -4.94. The van der Waals surface area contributed by atoms with E-state index in [1.165, 1.54) is 46.8 Å². The fourth-order valence-electron chi connectivity index (χ4n) is 9.37. The summed E-state index contributed by atoms with van der Waals surface area (Å²) in [7, 11) is 0. The maximum Gasteiger partial charge on any atom is 0.335 e. The molecule has 0 aromatic heterocycles. The number of aliphatic hydroxyl groups excluding tert-OH is 2. The number of aliphatic carboxylic acids is 4. The molecular formula is C56H88N12O21. The van der Waals surface area contributed by atoms with Gasteiger partial charge >= 0.3 is 23.9 Å². The number of hydrogen-bond acceptors (Lipinski definition) is 18. The van der Waals surface area contributed by atoms with Gasteiger partial charge in [0.05, 0.1) is 31.5 Å². The van der Waals surface area contributed by atoms with Gasteiger partial charge in [-0.15, -0.1) is 0 Å². The molecule has 89 heavy (non-hydrogen) atoms. The van der Waals surface area contributed by atoms with Crippen LogP contribution in [-0.4, -0.2) is 217 Å². The van der Waals surface area contributed by atoms with Crippen LogP contribution in [-0.2, 0) is 71.9 Å². The monoisotopic (exact) mass is 1260 g/mol. The Morgan fingerprint density at radius 1 is 0.663 bits per heavy atom. The van der Waals surface area contributed by atoms with E-state index in [0.29, 0.717) is 12.3 Å². The molecule has 2 rings (SSSR count). The van der Waals surface area contributed by atoms with Crippen LogP contribution < -0.4 is 58.9 Å². The Morgan fingerprint density at radius 3 is 1.80 bits per heavy atom. The van der Waals surface area contributed by atoms with Gasteiger partial charge in [0.15, 0.2) is 6.10 Å². The lowest BCUT2D eigenvalue weighted by Gasteiger charge is -2.34. The van der Waals surface area contributed by atoms with Crippen LogP contribution in [0, 0.1) is 35.5 Å². The van der Waals surface area contributed by atoms with E-state index in [4.69, 9.17) is 5.73 Å². The lowest BCUT2D eigenvalue weighted by Crippen LogP contribution is -2.66. The van der Waals surface area contributed by atoms with E-state index in [1.54, 1.807) is 13.0 Å². The molecule has 2 heterocycles. The third kappa shape index (κ3) is 24.1. The average molecular weight is 1270 g/mol. The summed E-state index contributed by atoms with van der Waals surface area (Å²) in [5, 5.41) is 83.1. The number of nitrogens with two attached hydrogens (primary N) is 1. The number of rotatable bonds is 23. The molecule has 0 bridgehead atoms. The summed E-state index contributed by atoms with van der Waals surface area (Å²) in [5.74, 6) is -26.8. The van der Waals surface area contributed by atoms with Gasteiger partial charge in [-0.3, -0.25) is 67.1 Å². The summed E-state index contributed by atoms with van der Waals surface area (Å²) in [6, 6.07) is -19.1. The number of carboxylic acid groups (broad SMARTS) is 4. The van der Waals surface area contributed by atoms with Gasteiger partial charge in [-0.25, -0.2) is 4.79 Å². The molecule has 18 N–H and O–H groups in total. The molecule has 2 aliphatic rings. The molecule has 11 amide bonds. The first-order valence-corrected chi connectivity index (χ1v) is 29.1. The smallest absolute Gasteiger partial charge is 0.335 e. The van der Waals surface area contributed by atoms with Crippen LogP contribution in [0.2, 0.25) is 0 Å². The SMILES string of the molecule is CC(C)CC/C=C\C=C\C(=O)N[C@H](C(=O)N[C@@H]1C(=O)N[C@H](C(C)C)C(=O)N[C@@H](CCCCN)C(=O)N[C@@H](C(O)C(=O)O)C(=O)N[C@@H](CC(=O)O)C(=O)NCC(=O)N[C@H](C(C)C(=O)O)C(=O)N[C@@H](C(C)C)C(=O)N2C[C@H](C)C[C@H]2C(=O)NC1C)C(CO)C(=O)O. The van der Waals surface area contributed by atoms with Gasteiger partial charge in [0.1, 0.15) is 60.3 Å². The molecule has 0 aromatic carbocycles. The minimum Gasteiger partial charge on any atom is -0.481 e. The Hall–Kier alpha value is -8.59. The van der Waals surface area contributed by atoms with E-state index in [1.807, 2.05) is 29.8 Å². The number of fused-ring (bicyclic) bond motifs is 1. The maximum absolute atomic E-state index is 14.8. The van der Waals surface area contributed by atoms with Crippen molar-refractivity contribution in [1.82, 2.24) is 58.1 Å². The van der Waals surface area contributed by atoms with E-state index in [0.717, 1.165) is 24.3 Å². The van der Waals surface area contributed by atoms with Crippen molar-refractivity contribution in [2.75, 3.05) is 26.2 Å². The largest absolute Gasteiger partial charge is 0.481 e. The molecule has 4 unspecified atom stereocenters. The summed E-state index contributed by atoms with van der Waals surface area (Å²) >= 11 is 0. The van der Waals surface area contributed by atoms with Gasteiger partial charge in [-0.2, -0.15) is 0 Å². The highest BCUT2D eigenvalue weighted by atomic mass is 16.4. The number of carboxylic acids is 4. The third-order valence-corrected chi connectivity index (χ3v) is 14.6. The highest BCUT2D eigenvalue weighted by Gasteiger charge is 2.46. The molecule has 0 aromatic rings. The minimum absolute atomic E-state index is 0.0405. The molecule has 498 valence electrons. The first kappa shape index (κ1) is 76.5. The highest BCUT2D eigenvalue weighted by molar-refractivity contribution is 6.02. The van der Waals surface area contributed by atoms with Crippen LogP contribution in [0.4, 0.5) is 0 Å². The lowest BCUT2D eigenvalue weighted by atomic mass is 9.97. The fraction of sp³-hybridized carbons (Fsp3) is 0.661. The van der Waals surface area contributed by atoms with Gasteiger partial charge in [0.2, 0.25) is 65.0 Å². The molecule has 33 heteroatoms. The normalized spacial score (nSPS) is 25.8. The molecule has 2 aliphatic heterocycles. The second-order valence-electron chi connectivity index (χ2n) is 23.1. The molecule has 0 radical (unpaired) electrons. The van der Waals surface area contributed by atoms with Crippen LogP contribution in [0.3, 0.4) is 0 Å². The lowest BCUT2D eigenvalue weighted by molar-refractivity contribution is -0.153. The fourth-order valence-corrected chi connectivity index (χ4v) is 9.37. The van der Waals surface area contributed by atoms with Crippen molar-refractivity contribution in [3.8, 4) is 0 Å². The number of nitrogens with zero attached hydrogens (tertiary/aromatic N) is 1. The second-order valence-corrected chi connectivity index (χ2v) is 23.1. The van der Waals surface area contributed by atoms with Gasteiger partial charge in [-0.1, -0.05) is 66.7 Å². The molecule has 0 spiro atoms. The van der Waals surface area contributed by atoms with Crippen molar-refractivity contribution in [3.05, 3.63) is 24.3 Å². The minimum atomic E-state index is -2.85. The van der Waals surface area contributed by atoms with Crippen molar-refractivity contribution in [3.63, 3.8) is 0 Å². The van der Waals surface area contributed by atoms with Gasteiger partial charge in [-0.05, 0) is 82.6 Å². The van der Waals surface area contributed by atoms with Gasteiger partial charge in [0.25, 0.3) is 0 Å². The molecule has 14 atom stereocenters. The van der Waals surface area contributed by atoms with E-state index in [-0.39, 0.29) is 38.8 Å². The standard InChI is InChI=1S/C56H88N12O21/c1-25(2)16-12-10-11-13-18-35(70)62-42(31(24-69)55(86)87)51(81)66-41-30(9)59-47(77)34-20-28(7)23-68(34)53(83)39(27(5)6)65-49(79)40(29(8)54(84)85)63-36(71)22-58-45(75)33(21-37(72)73)61-52(82)43(44(74)56(88)89)67-46(76)32(17-14-15-19-57)60-48(78)38(26(3)4)64-50(41)80/h10-11,13,18,25-34,38-44,69,74H,12,14-17,19-24,57H2,1-9H3,(H,58,75)(H,59,77)(H,60,78)(H,61,82)(H,62,70)(H,63,71)(H,64,80)(H,65,79)(H,66,81)(H,67,76)(H,72,73)(H,84,85)(H,86,87)(H,88,89)/b11-10-,18-13+/t28-,29?,30?,31?,32+,33+,34+,38-,39+,40-,41+,42+,43+,44?/m1/s1. The number of allylic oxidation sites excluding steroid dienone is 3. The average Bonchev–Trinajstić information content (AvgIpc) is 2.35. The van der Waals surface area contributed by atoms with Crippen molar-refractivity contribution in [1.29, 1.82) is 0 Å². The number of carbonyl (C=O) groups is 15. The highest BCUT2D eigenvalue weighted by Crippen LogP contribution is 2.26. The number of nitrogens with one attached hydrogen (secondary N) is 10. The van der Waals surface area contributed by atoms with Crippen molar-refractivity contribution < 1.29 is 103 Å². The molecule has 33 nitrogen and oxygen atoms in total. The summed E-state index contributed by atoms with van der Waals surface area (Å²) in [5.41, 5.74) is 5.69. The Balaban J connectivity index is 2.99. The predicted molar refractivity (Wildman–Crippen MR) is 311 cm³/mol. The molecular weight excluding hydrogens is 1180 g/mol. The number of unbranched alkanes of at least 4 members (excludes halogenated alkanes) is 1. The van der Waals surface area contributed by atoms with Crippen LogP contribution >= 0.6 is 0 Å². The number of amides is 11. The quantitative estimate of drug-likeness (QED) is 0.0259. The Kier molecular flexibility index (Phi) is 31.5. The zero-order chi connectivity index (χ0) is 67.7. The molecule has 2 fully saturated rings. The zero-order valence-electron chi connectivity index (χ0n) is 51.2. The van der Waals surface area contributed by atoms with Crippen LogP contribution in [0.1, 0.15) is 107 Å². The zero-order valence-corrected chi connectivity index (χ0v) is 51.2. The summed E-state index contributed by atoms with van der Waals surface area (Å²) in [4.78, 5) is 205. The van der Waals surface area contributed by atoms with E-state index in [2.05, 4.69) is 37.2 Å². The molecule has 0 aliphatic carbocycles. The Labute approximate surface area is 513 Å². The van der Waals surface area contributed by atoms with Crippen molar-refractivity contribution in [2.45, 2.75) is 174 Å². The topological polar surface area (TPSA) is 527 Å². The number of carbonyl (C=O) groups excluding carboxylic acids is 11. The first-order valence-electron chi connectivity index (χ1n) is 29.1. The number of aliphatic hydroxyl groups is 2. The maximum atomic E-state index is 14.8. The Morgan fingerprint density at radius 2 is 1.25 bits per heavy atom. The van der Waals surface area contributed by atoms with Gasteiger partial charge in [0, 0.05) is 12.6 Å². The van der Waals surface area contributed by atoms with E-state index in [9.17, 15) is 103 Å². The number of hydrogen-bond donors (Lipinski definition) is 17. The van der Waals surface area contributed by atoms with E-state index < -0.39 is 205 Å². The summed E-state index contributed by atoms with van der Waals surface area (Å²) < 4.78 is 0. The summed E-state index contributed by atoms with van der Waals surface area (Å²) in [6.45, 7) is 11.2. The van der Waals surface area contributed by atoms with Crippen molar-refractivity contribution >= 4 is 88.9 Å². The molecule has 2 saturated heterocycles. The van der Waals surface area contributed by atoms with Crippen LogP contribution in [0.15, 0.2) is 24.3 Å². The Bertz CT molecular complexity index is 2650.